The minimum Gasteiger partial charge on any atom is -0.374 e. The molecule has 0 aliphatic rings. The zero-order chi connectivity index (χ0) is 15.8. The molecule has 0 saturated heterocycles. The fourth-order valence-electron chi connectivity index (χ4n) is 2.03. The lowest BCUT2D eigenvalue weighted by atomic mass is 10.1. The number of hydrogen-bond acceptors (Lipinski definition) is 2. The van der Waals surface area contributed by atoms with Gasteiger partial charge in [0.15, 0.2) is 12.4 Å². The van der Waals surface area contributed by atoms with Crippen LogP contribution < -0.4 is 9.47 Å². The smallest absolute Gasteiger partial charge is 0.169 e. The second kappa shape index (κ2) is 8.31. The molecule has 0 N–H and O–H groups in total. The predicted molar refractivity (Wildman–Crippen MR) is 97.5 cm³/mol. The Hall–Kier alpha value is -2.18. The largest absolute Gasteiger partial charge is 0.374 e. The van der Waals surface area contributed by atoms with Gasteiger partial charge < -0.3 is 4.90 Å². The van der Waals surface area contributed by atoms with Gasteiger partial charge in [-0.3, -0.25) is 0 Å². The molecule has 2 rings (SSSR count). The average Bonchev–Trinajstić information content (AvgIpc) is 2.55. The van der Waals surface area contributed by atoms with Gasteiger partial charge in [0.25, 0.3) is 0 Å². The van der Waals surface area contributed by atoms with Crippen molar-refractivity contribution >= 4 is 29.6 Å². The Morgan fingerprint density at radius 2 is 1.68 bits per heavy atom. The number of benzene rings is 1. The molecular formula is C19H21N2S+. The van der Waals surface area contributed by atoms with Gasteiger partial charge in [-0.2, -0.15) is 0 Å². The highest BCUT2D eigenvalue weighted by molar-refractivity contribution is 8.03. The van der Waals surface area contributed by atoms with Crippen LogP contribution in [0.4, 0.5) is 5.69 Å². The third-order valence-corrected chi connectivity index (χ3v) is 3.97. The Bertz CT molecular complexity index is 651. The van der Waals surface area contributed by atoms with Crippen LogP contribution in [0.3, 0.4) is 0 Å². The van der Waals surface area contributed by atoms with Crippen LogP contribution in [-0.4, -0.2) is 19.3 Å². The zero-order valence-electron chi connectivity index (χ0n) is 13.1. The Morgan fingerprint density at radius 3 is 2.27 bits per heavy atom. The molecule has 0 aliphatic heterocycles. The van der Waals surface area contributed by atoms with Crippen LogP contribution in [0.15, 0.2) is 48.8 Å². The summed E-state index contributed by atoms with van der Waals surface area (Å²) in [5, 5.41) is 2.60. The number of anilines is 1. The molecule has 0 aliphatic carbocycles. The third-order valence-electron chi connectivity index (χ3n) is 3.42. The number of aromatic nitrogens is 1. The predicted octanol–water partition coefficient (Wildman–Crippen LogP) is 3.44. The molecule has 0 amide bonds. The molecular weight excluding hydrogens is 288 g/mol. The summed E-state index contributed by atoms with van der Waals surface area (Å²) in [5.41, 5.74) is 3.61. The molecule has 2 nitrogen and oxygen atoms in total. The number of aryl methyl sites for hydroxylation is 1. The molecule has 22 heavy (non-hydrogen) atoms. The first-order valence-corrected chi connectivity index (χ1v) is 8.19. The van der Waals surface area contributed by atoms with Crippen molar-refractivity contribution in [1.82, 2.24) is 0 Å². The van der Waals surface area contributed by atoms with E-state index in [1.54, 1.807) is 0 Å². The van der Waals surface area contributed by atoms with E-state index in [2.05, 4.69) is 65.8 Å². The van der Waals surface area contributed by atoms with Crippen molar-refractivity contribution in [2.24, 2.45) is 7.05 Å². The topological polar surface area (TPSA) is 7.12 Å². The SMILES string of the molecule is C#CSCCN(C)c1ccc(/C=C/c2cc[n+](C)cc2)cc1. The van der Waals surface area contributed by atoms with Crippen LogP contribution in [-0.2, 0) is 7.05 Å². The van der Waals surface area contributed by atoms with Gasteiger partial charge in [0.05, 0.1) is 0 Å². The van der Waals surface area contributed by atoms with Gasteiger partial charge in [-0.05, 0) is 28.5 Å². The standard InChI is InChI=1S/C19H21N2S/c1-4-22-16-15-21(3)19-9-7-17(8-10-19)5-6-18-11-13-20(2)14-12-18/h1,5-14H,15-16H2,2-3H3/q+1. The quantitative estimate of drug-likeness (QED) is 0.458. The van der Waals surface area contributed by atoms with Crippen molar-refractivity contribution in [3.63, 3.8) is 0 Å². The fourth-order valence-corrected chi connectivity index (χ4v) is 2.51. The second-order valence-electron chi connectivity index (χ2n) is 5.11. The summed E-state index contributed by atoms with van der Waals surface area (Å²) in [6.07, 6.45) is 13.6. The molecule has 1 aromatic heterocycles. The molecule has 1 heterocycles. The molecule has 0 spiro atoms. The number of thioether (sulfide) groups is 1. The summed E-state index contributed by atoms with van der Waals surface area (Å²) in [5.74, 6) is 0.945. The van der Waals surface area contributed by atoms with Gasteiger partial charge in [-0.1, -0.05) is 36.0 Å². The van der Waals surface area contributed by atoms with Gasteiger partial charge in [0.1, 0.15) is 7.05 Å². The molecule has 0 radical (unpaired) electrons. The van der Waals surface area contributed by atoms with Gasteiger partial charge >= 0.3 is 0 Å². The molecule has 112 valence electrons. The molecule has 0 bridgehead atoms. The van der Waals surface area contributed by atoms with E-state index in [0.717, 1.165) is 12.3 Å². The first kappa shape index (κ1) is 16.2. The Morgan fingerprint density at radius 1 is 1.09 bits per heavy atom. The number of nitrogens with zero attached hydrogens (tertiary/aromatic N) is 2. The monoisotopic (exact) mass is 309 g/mol. The number of terminal acetylenes is 1. The second-order valence-corrected chi connectivity index (χ2v) is 6.04. The van der Waals surface area contributed by atoms with Crippen molar-refractivity contribution < 1.29 is 4.57 Å². The van der Waals surface area contributed by atoms with Crippen LogP contribution >= 0.6 is 11.8 Å². The van der Waals surface area contributed by atoms with E-state index < -0.39 is 0 Å². The van der Waals surface area contributed by atoms with Crippen LogP contribution in [0.25, 0.3) is 12.2 Å². The van der Waals surface area contributed by atoms with Crippen molar-refractivity contribution in [3.05, 3.63) is 59.9 Å². The highest BCUT2D eigenvalue weighted by Gasteiger charge is 2.00. The molecule has 0 unspecified atom stereocenters. The van der Waals surface area contributed by atoms with E-state index >= 15 is 0 Å². The maximum Gasteiger partial charge on any atom is 0.169 e. The minimum absolute atomic E-state index is 0.945. The lowest BCUT2D eigenvalue weighted by Crippen LogP contribution is -2.25. The number of pyridine rings is 1. The van der Waals surface area contributed by atoms with Gasteiger partial charge in [0, 0.05) is 37.2 Å². The highest BCUT2D eigenvalue weighted by atomic mass is 32.2. The average molecular weight is 309 g/mol. The van der Waals surface area contributed by atoms with Gasteiger partial charge in [-0.15, -0.1) is 6.42 Å². The van der Waals surface area contributed by atoms with Gasteiger partial charge in [-0.25, -0.2) is 4.57 Å². The highest BCUT2D eigenvalue weighted by Crippen LogP contribution is 2.16. The van der Waals surface area contributed by atoms with Crippen molar-refractivity contribution in [2.45, 2.75) is 0 Å². The molecule has 3 heteroatoms. The van der Waals surface area contributed by atoms with Gasteiger partial charge in [0.2, 0.25) is 0 Å². The first-order chi connectivity index (χ1) is 10.7. The maximum atomic E-state index is 5.25. The lowest BCUT2D eigenvalue weighted by molar-refractivity contribution is -0.671. The van der Waals surface area contributed by atoms with Crippen molar-refractivity contribution in [3.8, 4) is 11.7 Å². The van der Waals surface area contributed by atoms with E-state index in [1.807, 2.05) is 24.0 Å². The Kier molecular flexibility index (Phi) is 6.12. The van der Waals surface area contributed by atoms with Crippen LogP contribution in [0, 0.1) is 11.7 Å². The normalized spacial score (nSPS) is 10.6. The molecule has 0 saturated carbocycles. The zero-order valence-corrected chi connectivity index (χ0v) is 13.9. The maximum absolute atomic E-state index is 5.25. The number of rotatable bonds is 6. The van der Waals surface area contributed by atoms with E-state index in [4.69, 9.17) is 6.42 Å². The summed E-state index contributed by atoms with van der Waals surface area (Å²) in [6, 6.07) is 12.8. The molecule has 2 aromatic rings. The van der Waals surface area contributed by atoms with Crippen molar-refractivity contribution in [1.29, 1.82) is 0 Å². The molecule has 1 aromatic carbocycles. The third kappa shape index (κ3) is 4.98. The minimum atomic E-state index is 0.945. The van der Waals surface area contributed by atoms with Crippen LogP contribution in [0.5, 0.6) is 0 Å². The van der Waals surface area contributed by atoms with Crippen LogP contribution in [0.1, 0.15) is 11.1 Å². The fraction of sp³-hybridized carbons (Fsp3) is 0.211. The molecule has 0 atom stereocenters. The van der Waals surface area contributed by atoms with Crippen molar-refractivity contribution in [2.75, 3.05) is 24.2 Å². The lowest BCUT2D eigenvalue weighted by Gasteiger charge is -2.18. The molecule has 0 fully saturated rings. The van der Waals surface area contributed by atoms with E-state index in [9.17, 15) is 0 Å². The Labute approximate surface area is 137 Å². The van der Waals surface area contributed by atoms with E-state index in [0.29, 0.717) is 0 Å². The van der Waals surface area contributed by atoms with Crippen LogP contribution in [0.2, 0.25) is 0 Å². The van der Waals surface area contributed by atoms with E-state index in [1.165, 1.54) is 28.6 Å². The summed E-state index contributed by atoms with van der Waals surface area (Å²) < 4.78 is 2.03. The summed E-state index contributed by atoms with van der Waals surface area (Å²) in [6.45, 7) is 0.949. The number of hydrogen-bond donors (Lipinski definition) is 0. The first-order valence-electron chi connectivity index (χ1n) is 7.21. The Balaban J connectivity index is 1.96. The van der Waals surface area contributed by atoms with E-state index in [-0.39, 0.29) is 0 Å². The summed E-state index contributed by atoms with van der Waals surface area (Å²) in [4.78, 5) is 2.22. The summed E-state index contributed by atoms with van der Waals surface area (Å²) >= 11 is 1.51. The summed E-state index contributed by atoms with van der Waals surface area (Å²) in [7, 11) is 4.11.